The number of hydrogen-bond acceptors (Lipinski definition) is 7. The molecule has 0 spiro atoms. The van der Waals surface area contributed by atoms with Crippen molar-refractivity contribution in [2.75, 3.05) is 13.7 Å². The number of carbonyl (C=O) groups is 1. The number of carbonyl (C=O) groups excluding carboxylic acids is 1. The second-order valence-electron chi connectivity index (χ2n) is 6.85. The van der Waals surface area contributed by atoms with Crippen molar-refractivity contribution in [1.29, 1.82) is 0 Å². The Hall–Kier alpha value is -1.87. The van der Waals surface area contributed by atoms with Crippen molar-refractivity contribution in [2.24, 2.45) is 0 Å². The fraction of sp³-hybridized carbons (Fsp3) is 0.611. The highest BCUT2D eigenvalue weighted by Crippen LogP contribution is 2.33. The van der Waals surface area contributed by atoms with Crippen molar-refractivity contribution in [3.8, 4) is 11.5 Å². The Labute approximate surface area is 152 Å². The van der Waals surface area contributed by atoms with E-state index in [1.54, 1.807) is 45.2 Å². The van der Waals surface area contributed by atoms with Crippen molar-refractivity contribution < 1.29 is 33.6 Å². The predicted octanol–water partition coefficient (Wildman–Crippen LogP) is 0.816. The summed E-state index contributed by atoms with van der Waals surface area (Å²) in [4.78, 5) is 11.6. The highest BCUT2D eigenvalue weighted by molar-refractivity contribution is 5.73. The minimum absolute atomic E-state index is 0.249. The maximum Gasteiger partial charge on any atom is 0.223 e. The molecule has 0 unspecified atom stereocenters. The van der Waals surface area contributed by atoms with Gasteiger partial charge in [0.25, 0.3) is 0 Å². The fourth-order valence-corrected chi connectivity index (χ4v) is 3.14. The molecule has 2 fully saturated rings. The van der Waals surface area contributed by atoms with Gasteiger partial charge in [0.2, 0.25) is 12.2 Å². The van der Waals surface area contributed by atoms with Gasteiger partial charge in [0.1, 0.15) is 35.9 Å². The Bertz CT molecular complexity index is 650. The van der Waals surface area contributed by atoms with Gasteiger partial charge in [0, 0.05) is 13.0 Å². The van der Waals surface area contributed by atoms with E-state index in [4.69, 9.17) is 23.7 Å². The lowest BCUT2D eigenvalue weighted by Gasteiger charge is -2.49. The first-order chi connectivity index (χ1) is 12.3. The summed E-state index contributed by atoms with van der Waals surface area (Å²) in [7, 11) is 1.56. The lowest BCUT2D eigenvalue weighted by Crippen LogP contribution is -2.69. The monoisotopic (exact) mass is 367 g/mol. The highest BCUT2D eigenvalue weighted by atomic mass is 16.8. The summed E-state index contributed by atoms with van der Waals surface area (Å²) in [6.07, 6.45) is -3.08. The molecule has 8 heteroatoms. The molecule has 3 rings (SSSR count). The van der Waals surface area contributed by atoms with Gasteiger partial charge >= 0.3 is 0 Å². The first kappa shape index (κ1) is 18.9. The molecule has 144 valence electrons. The fourth-order valence-electron chi connectivity index (χ4n) is 3.14. The Morgan fingerprint density at radius 2 is 2.08 bits per heavy atom. The molecule has 26 heavy (non-hydrogen) atoms. The van der Waals surface area contributed by atoms with E-state index < -0.39 is 36.4 Å². The van der Waals surface area contributed by atoms with E-state index in [2.05, 4.69) is 5.32 Å². The molecule has 0 bridgehead atoms. The third-order valence-electron chi connectivity index (χ3n) is 4.35. The van der Waals surface area contributed by atoms with Gasteiger partial charge < -0.3 is 34.1 Å². The number of methoxy groups -OCH3 is 1. The quantitative estimate of drug-likeness (QED) is 0.813. The molecule has 5 atom stereocenters. The van der Waals surface area contributed by atoms with Gasteiger partial charge in [0.05, 0.1) is 13.7 Å². The Morgan fingerprint density at radius 3 is 2.77 bits per heavy atom. The Balaban J connectivity index is 1.81. The second-order valence-corrected chi connectivity index (χ2v) is 6.85. The van der Waals surface area contributed by atoms with E-state index in [-0.39, 0.29) is 12.5 Å². The van der Waals surface area contributed by atoms with Crippen molar-refractivity contribution in [1.82, 2.24) is 5.32 Å². The molecule has 2 aliphatic heterocycles. The Kier molecular flexibility index (Phi) is 5.38. The van der Waals surface area contributed by atoms with E-state index in [1.165, 1.54) is 6.92 Å². The van der Waals surface area contributed by atoms with Crippen LogP contribution in [0.5, 0.6) is 11.5 Å². The van der Waals surface area contributed by atoms with Crippen LogP contribution in [-0.2, 0) is 19.0 Å². The van der Waals surface area contributed by atoms with Crippen LogP contribution in [0.3, 0.4) is 0 Å². The van der Waals surface area contributed by atoms with Gasteiger partial charge in [-0.05, 0) is 26.0 Å². The molecule has 1 aromatic rings. The summed E-state index contributed by atoms with van der Waals surface area (Å²) < 4.78 is 28.5. The third kappa shape index (κ3) is 4.09. The standard InChI is InChI=1S/C18H25NO7/c1-10(20)19-14-15(21)16-13(9-23-18(2,3)26-16)25-17(14)24-12-7-5-6-11(8-12)22-4/h5-8,13-17,21H,9H2,1-4H3,(H,19,20)/t13-,14+,15+,16+,17-/m1/s1. The smallest absolute Gasteiger partial charge is 0.223 e. The van der Waals surface area contributed by atoms with Gasteiger partial charge in [-0.15, -0.1) is 0 Å². The van der Waals surface area contributed by atoms with Crippen LogP contribution in [0.1, 0.15) is 20.8 Å². The number of aliphatic hydroxyl groups excluding tert-OH is 1. The SMILES string of the molecule is COc1cccc(O[C@@H]2O[C@@H]3COC(C)(C)O[C@@H]3[C@@H](O)[C@@H]2NC(C)=O)c1. The van der Waals surface area contributed by atoms with Crippen LogP contribution in [-0.4, -0.2) is 61.2 Å². The van der Waals surface area contributed by atoms with Crippen LogP contribution in [0.25, 0.3) is 0 Å². The van der Waals surface area contributed by atoms with Crippen LogP contribution < -0.4 is 14.8 Å². The van der Waals surface area contributed by atoms with Gasteiger partial charge in [-0.25, -0.2) is 0 Å². The van der Waals surface area contributed by atoms with Crippen LogP contribution in [0, 0.1) is 0 Å². The van der Waals surface area contributed by atoms with E-state index in [1.807, 2.05) is 0 Å². The first-order valence-electron chi connectivity index (χ1n) is 8.52. The maximum absolute atomic E-state index is 11.6. The molecule has 0 aliphatic carbocycles. The van der Waals surface area contributed by atoms with Gasteiger partial charge in [-0.3, -0.25) is 4.79 Å². The molecule has 8 nitrogen and oxygen atoms in total. The predicted molar refractivity (Wildman–Crippen MR) is 90.8 cm³/mol. The molecule has 2 aliphatic rings. The number of rotatable bonds is 4. The molecule has 0 radical (unpaired) electrons. The van der Waals surface area contributed by atoms with Crippen molar-refractivity contribution >= 4 is 5.91 Å². The summed E-state index contributed by atoms with van der Waals surface area (Å²) >= 11 is 0. The topological polar surface area (TPSA) is 95.5 Å². The van der Waals surface area contributed by atoms with Crippen LogP contribution in [0.15, 0.2) is 24.3 Å². The number of hydrogen-bond donors (Lipinski definition) is 2. The lowest BCUT2D eigenvalue weighted by molar-refractivity contribution is -0.361. The van der Waals surface area contributed by atoms with Crippen LogP contribution in [0.2, 0.25) is 0 Å². The molecule has 0 aromatic heterocycles. The van der Waals surface area contributed by atoms with Gasteiger partial charge in [0.15, 0.2) is 5.79 Å². The number of amides is 1. The largest absolute Gasteiger partial charge is 0.497 e. The van der Waals surface area contributed by atoms with Crippen LogP contribution in [0.4, 0.5) is 0 Å². The molecule has 0 saturated carbocycles. The van der Waals surface area contributed by atoms with E-state index in [9.17, 15) is 9.90 Å². The van der Waals surface area contributed by atoms with Crippen molar-refractivity contribution in [3.63, 3.8) is 0 Å². The van der Waals surface area contributed by atoms with Gasteiger partial charge in [-0.2, -0.15) is 0 Å². The number of aliphatic hydroxyl groups is 1. The number of ether oxygens (including phenoxy) is 5. The van der Waals surface area contributed by atoms with Crippen molar-refractivity contribution in [3.05, 3.63) is 24.3 Å². The summed E-state index contributed by atoms with van der Waals surface area (Å²) in [5.74, 6) is -0.0267. The summed E-state index contributed by atoms with van der Waals surface area (Å²) in [5.41, 5.74) is 0. The Morgan fingerprint density at radius 1 is 1.35 bits per heavy atom. The zero-order valence-electron chi connectivity index (χ0n) is 15.3. The normalized spacial score (nSPS) is 33.0. The first-order valence-corrected chi connectivity index (χ1v) is 8.52. The summed E-state index contributed by atoms with van der Waals surface area (Å²) in [6.45, 7) is 5.15. The lowest BCUT2D eigenvalue weighted by atomic mass is 9.95. The minimum atomic E-state index is -1.02. The average Bonchev–Trinajstić information content (AvgIpc) is 2.58. The van der Waals surface area contributed by atoms with E-state index in [0.29, 0.717) is 11.5 Å². The minimum Gasteiger partial charge on any atom is -0.497 e. The van der Waals surface area contributed by atoms with E-state index >= 15 is 0 Å². The molecule has 2 heterocycles. The van der Waals surface area contributed by atoms with Gasteiger partial charge in [-0.1, -0.05) is 6.07 Å². The number of nitrogens with one attached hydrogen (secondary N) is 1. The summed E-state index contributed by atoms with van der Waals surface area (Å²) in [5, 5.41) is 13.5. The zero-order valence-corrected chi connectivity index (χ0v) is 15.3. The highest BCUT2D eigenvalue weighted by Gasteiger charge is 2.52. The molecule has 2 saturated heterocycles. The average molecular weight is 367 g/mol. The molecule has 2 N–H and O–H groups in total. The van der Waals surface area contributed by atoms with E-state index in [0.717, 1.165) is 0 Å². The molecule has 1 amide bonds. The molecular weight excluding hydrogens is 342 g/mol. The summed E-state index contributed by atoms with van der Waals surface area (Å²) in [6, 6.07) is 6.21. The zero-order chi connectivity index (χ0) is 18.9. The molecular formula is C18H25NO7. The van der Waals surface area contributed by atoms with Crippen molar-refractivity contribution in [2.45, 2.75) is 57.2 Å². The molecule has 1 aromatic carbocycles. The number of benzene rings is 1. The second kappa shape index (κ2) is 7.40. The maximum atomic E-state index is 11.6. The van der Waals surface area contributed by atoms with Crippen LogP contribution >= 0.6 is 0 Å². The number of fused-ring (bicyclic) bond motifs is 1. The third-order valence-corrected chi connectivity index (χ3v) is 4.35.